The van der Waals surface area contributed by atoms with Crippen molar-refractivity contribution < 1.29 is 13.2 Å². The molecule has 2 unspecified atom stereocenters. The van der Waals surface area contributed by atoms with Crippen LogP contribution in [-0.2, 0) is 21.2 Å². The normalized spacial score (nSPS) is 26.6. The largest absolute Gasteiger partial charge is 0.368 e. The van der Waals surface area contributed by atoms with Gasteiger partial charge in [0.1, 0.15) is 5.54 Å². The summed E-state index contributed by atoms with van der Waals surface area (Å²) in [5.74, 6) is -0.582. The zero-order valence-corrected chi connectivity index (χ0v) is 12.3. The maximum absolute atomic E-state index is 11.9. The van der Waals surface area contributed by atoms with E-state index in [1.807, 2.05) is 30.3 Å². The molecule has 2 atom stereocenters. The van der Waals surface area contributed by atoms with Gasteiger partial charge in [0.25, 0.3) is 0 Å². The van der Waals surface area contributed by atoms with Crippen LogP contribution in [-0.4, -0.2) is 31.4 Å². The molecule has 20 heavy (non-hydrogen) atoms. The van der Waals surface area contributed by atoms with Crippen LogP contribution in [0, 0.1) is 0 Å². The van der Waals surface area contributed by atoms with Gasteiger partial charge < -0.3 is 5.73 Å². The number of primary amides is 1. The van der Waals surface area contributed by atoms with E-state index >= 15 is 0 Å². The first kappa shape index (κ1) is 15.0. The molecule has 1 aromatic rings. The third-order valence-electron chi connectivity index (χ3n) is 3.99. The van der Waals surface area contributed by atoms with Crippen LogP contribution in [0.15, 0.2) is 30.3 Å². The van der Waals surface area contributed by atoms with Gasteiger partial charge in [0.05, 0.1) is 5.25 Å². The number of sulfone groups is 1. The van der Waals surface area contributed by atoms with Crippen molar-refractivity contribution >= 4 is 15.7 Å². The molecule has 6 heteroatoms. The van der Waals surface area contributed by atoms with Gasteiger partial charge in [-0.1, -0.05) is 30.3 Å². The highest BCUT2D eigenvalue weighted by molar-refractivity contribution is 7.91. The topological polar surface area (TPSA) is 89.3 Å². The van der Waals surface area contributed by atoms with E-state index in [4.69, 9.17) is 5.73 Å². The second-order valence-corrected chi connectivity index (χ2v) is 7.61. The fourth-order valence-electron chi connectivity index (χ4n) is 2.98. The molecule has 3 N–H and O–H groups in total. The second-order valence-electron chi connectivity index (χ2n) is 5.39. The Morgan fingerprint density at radius 2 is 2.05 bits per heavy atom. The Morgan fingerprint density at radius 1 is 1.40 bits per heavy atom. The maximum Gasteiger partial charge on any atom is 0.239 e. The average Bonchev–Trinajstić information content (AvgIpc) is 2.83. The van der Waals surface area contributed by atoms with E-state index < -0.39 is 26.5 Å². The van der Waals surface area contributed by atoms with Crippen molar-refractivity contribution in [3.8, 4) is 0 Å². The average molecular weight is 296 g/mol. The third-order valence-corrected chi connectivity index (χ3v) is 5.67. The minimum atomic E-state index is -3.32. The molecule has 1 saturated carbocycles. The first-order valence-corrected chi connectivity index (χ1v) is 8.59. The summed E-state index contributed by atoms with van der Waals surface area (Å²) in [7, 11) is -3.32. The Bertz CT molecular complexity index is 586. The molecule has 0 aromatic heterocycles. The van der Waals surface area contributed by atoms with Gasteiger partial charge in [-0.25, -0.2) is 8.42 Å². The smallest absolute Gasteiger partial charge is 0.239 e. The number of hydrogen-bond acceptors (Lipinski definition) is 4. The van der Waals surface area contributed by atoms with E-state index in [9.17, 15) is 13.2 Å². The summed E-state index contributed by atoms with van der Waals surface area (Å²) in [6, 6.07) is 9.55. The van der Waals surface area contributed by atoms with Crippen molar-refractivity contribution in [2.45, 2.75) is 36.6 Å². The molecule has 0 aliphatic heterocycles. The molecule has 0 saturated heterocycles. The summed E-state index contributed by atoms with van der Waals surface area (Å²) in [4.78, 5) is 11.9. The lowest BCUT2D eigenvalue weighted by atomic mass is 9.95. The highest BCUT2D eigenvalue weighted by atomic mass is 32.2. The highest BCUT2D eigenvalue weighted by Gasteiger charge is 2.52. The van der Waals surface area contributed by atoms with Gasteiger partial charge >= 0.3 is 0 Å². The van der Waals surface area contributed by atoms with Gasteiger partial charge in [-0.2, -0.15) is 0 Å². The van der Waals surface area contributed by atoms with Gasteiger partial charge in [-0.15, -0.1) is 0 Å². The molecule has 1 amide bonds. The molecule has 5 nitrogen and oxygen atoms in total. The predicted molar refractivity (Wildman–Crippen MR) is 77.7 cm³/mol. The van der Waals surface area contributed by atoms with Crippen LogP contribution in [0.4, 0.5) is 0 Å². The number of nitrogens with two attached hydrogens (primary N) is 1. The van der Waals surface area contributed by atoms with E-state index in [0.29, 0.717) is 25.8 Å². The molecule has 1 aliphatic rings. The van der Waals surface area contributed by atoms with Gasteiger partial charge in [0.2, 0.25) is 5.91 Å². The number of rotatable bonds is 5. The van der Waals surface area contributed by atoms with Gasteiger partial charge in [-0.05, 0) is 24.8 Å². The fraction of sp³-hybridized carbons (Fsp3) is 0.500. The van der Waals surface area contributed by atoms with E-state index in [2.05, 4.69) is 5.32 Å². The minimum Gasteiger partial charge on any atom is -0.368 e. The van der Waals surface area contributed by atoms with E-state index in [0.717, 1.165) is 5.56 Å². The van der Waals surface area contributed by atoms with E-state index in [1.54, 1.807) is 0 Å². The molecule has 0 spiro atoms. The lowest BCUT2D eigenvalue weighted by Gasteiger charge is -2.32. The van der Waals surface area contributed by atoms with Crippen molar-refractivity contribution in [1.29, 1.82) is 0 Å². The highest BCUT2D eigenvalue weighted by Crippen LogP contribution is 2.35. The van der Waals surface area contributed by atoms with Crippen molar-refractivity contribution in [3.63, 3.8) is 0 Å². The molecule has 1 fully saturated rings. The van der Waals surface area contributed by atoms with Crippen LogP contribution in [0.3, 0.4) is 0 Å². The van der Waals surface area contributed by atoms with Crippen molar-refractivity contribution in [2.24, 2.45) is 5.73 Å². The Labute approximate surface area is 119 Å². The maximum atomic E-state index is 11.9. The summed E-state index contributed by atoms with van der Waals surface area (Å²) in [6.45, 7) is 0.426. The first-order chi connectivity index (χ1) is 9.36. The SMILES string of the molecule is CS(=O)(=O)C1CCCC1(NCc1ccccc1)C(N)=O. The molecule has 2 rings (SSSR count). The van der Waals surface area contributed by atoms with Gasteiger partial charge in [0.15, 0.2) is 9.84 Å². The van der Waals surface area contributed by atoms with Crippen LogP contribution >= 0.6 is 0 Å². The summed E-state index contributed by atoms with van der Waals surface area (Å²) >= 11 is 0. The first-order valence-electron chi connectivity index (χ1n) is 6.64. The Hall–Kier alpha value is -1.40. The standard InChI is InChI=1S/C14H20N2O3S/c1-20(18,19)12-8-5-9-14(12,13(15)17)16-10-11-6-3-2-4-7-11/h2-4,6-7,12,16H,5,8-10H2,1H3,(H2,15,17). The van der Waals surface area contributed by atoms with Gasteiger partial charge in [0, 0.05) is 12.8 Å². The minimum absolute atomic E-state index is 0.426. The van der Waals surface area contributed by atoms with Crippen LogP contribution in [0.25, 0.3) is 0 Å². The number of carbonyl (C=O) groups excluding carboxylic acids is 1. The fourth-order valence-corrected chi connectivity index (χ4v) is 4.62. The zero-order chi connectivity index (χ0) is 14.8. The number of amides is 1. The molecular formula is C14H20N2O3S. The molecule has 0 bridgehead atoms. The Kier molecular flexibility index (Phi) is 4.15. The van der Waals surface area contributed by atoms with Crippen LogP contribution in [0.2, 0.25) is 0 Å². The van der Waals surface area contributed by atoms with Gasteiger partial charge in [-0.3, -0.25) is 10.1 Å². The van der Waals surface area contributed by atoms with E-state index in [1.165, 1.54) is 6.26 Å². The summed E-state index contributed by atoms with van der Waals surface area (Å²) in [5, 5.41) is 2.37. The van der Waals surface area contributed by atoms with Crippen LogP contribution < -0.4 is 11.1 Å². The zero-order valence-electron chi connectivity index (χ0n) is 11.5. The van der Waals surface area contributed by atoms with Crippen molar-refractivity contribution in [3.05, 3.63) is 35.9 Å². The molecule has 1 aliphatic carbocycles. The monoisotopic (exact) mass is 296 g/mol. The molecule has 110 valence electrons. The Morgan fingerprint density at radius 3 is 2.60 bits per heavy atom. The van der Waals surface area contributed by atoms with Crippen molar-refractivity contribution in [2.75, 3.05) is 6.26 Å². The molecule has 0 heterocycles. The number of hydrogen-bond donors (Lipinski definition) is 2. The predicted octanol–water partition coefficient (Wildman–Crippen LogP) is 0.597. The number of benzene rings is 1. The van der Waals surface area contributed by atoms with E-state index in [-0.39, 0.29) is 0 Å². The van der Waals surface area contributed by atoms with Crippen molar-refractivity contribution in [1.82, 2.24) is 5.32 Å². The second kappa shape index (κ2) is 5.54. The number of carbonyl (C=O) groups is 1. The quantitative estimate of drug-likeness (QED) is 0.832. The Balaban J connectivity index is 2.24. The lowest BCUT2D eigenvalue weighted by molar-refractivity contribution is -0.124. The van der Waals surface area contributed by atoms with Crippen LogP contribution in [0.5, 0.6) is 0 Å². The molecule has 0 radical (unpaired) electrons. The summed E-state index contributed by atoms with van der Waals surface area (Å²) in [6.07, 6.45) is 2.80. The molecular weight excluding hydrogens is 276 g/mol. The lowest BCUT2D eigenvalue weighted by Crippen LogP contribution is -2.61. The summed E-state index contributed by atoms with van der Waals surface area (Å²) in [5.41, 5.74) is 5.36. The summed E-state index contributed by atoms with van der Waals surface area (Å²) < 4.78 is 23.8. The number of nitrogens with one attached hydrogen (secondary N) is 1. The third kappa shape index (κ3) is 2.86. The molecule has 1 aromatic carbocycles. The van der Waals surface area contributed by atoms with Crippen LogP contribution in [0.1, 0.15) is 24.8 Å².